The van der Waals surface area contributed by atoms with Crippen LogP contribution in [0.15, 0.2) is 0 Å². The maximum absolute atomic E-state index is 11.1. The molecule has 0 aromatic carbocycles. The zero-order valence-corrected chi connectivity index (χ0v) is 5.21. The summed E-state index contributed by atoms with van der Waals surface area (Å²) in [6.07, 6.45) is -5.42. The molecule has 0 aliphatic carbocycles. The normalized spacial score (nSPS) is 14.2. The third kappa shape index (κ3) is 1.99. The molecule has 0 spiro atoms. The first kappa shape index (κ1) is 8.21. The molecule has 0 aromatic heterocycles. The van der Waals surface area contributed by atoms with Gasteiger partial charge in [-0.3, -0.25) is 0 Å². The van der Waals surface area contributed by atoms with Crippen molar-refractivity contribution in [1.82, 2.24) is 0 Å². The van der Waals surface area contributed by atoms with Gasteiger partial charge in [-0.15, -0.1) is 0 Å². The first-order chi connectivity index (χ1) is 3.25. The van der Waals surface area contributed by atoms with Gasteiger partial charge in [0.05, 0.1) is 0 Å². The summed E-state index contributed by atoms with van der Waals surface area (Å²) in [5, 5.41) is 0. The Morgan fingerprint density at radius 3 is 1.00 bits per heavy atom. The average Bonchev–Trinajstić information content (AvgIpc) is 1.25. The van der Waals surface area contributed by atoms with Crippen LogP contribution in [-0.4, -0.2) is 27.7 Å². The summed E-state index contributed by atoms with van der Waals surface area (Å²) < 4.78 is 49.9. The van der Waals surface area contributed by atoms with Gasteiger partial charge in [-0.1, -0.05) is 0 Å². The Labute approximate surface area is 50.6 Å². The molecule has 0 aliphatic rings. The molecule has 0 saturated carbocycles. The number of halogens is 5. The molecule has 0 heterocycles. The van der Waals surface area contributed by atoms with E-state index in [2.05, 4.69) is 0 Å². The molecule has 0 saturated heterocycles. The first-order valence-electron chi connectivity index (χ1n) is 1.42. The van der Waals surface area contributed by atoms with Crippen LogP contribution in [-0.2, 0) is 0 Å². The van der Waals surface area contributed by atoms with E-state index in [-0.39, 0.29) is 16.9 Å². The van der Waals surface area contributed by atoms with Crippen LogP contribution in [0.1, 0.15) is 0 Å². The Morgan fingerprint density at radius 2 is 1.00 bits per heavy atom. The summed E-state index contributed by atoms with van der Waals surface area (Å²) >= 11 is 0.255. The van der Waals surface area contributed by atoms with Gasteiger partial charge in [0.25, 0.3) is 0 Å². The van der Waals surface area contributed by atoms with Crippen molar-refractivity contribution in [2.45, 2.75) is 10.9 Å². The van der Waals surface area contributed by atoms with Gasteiger partial charge in [-0.05, 0) is 0 Å². The molecular weight excluding hydrogens is 194 g/mol. The second kappa shape index (κ2) is 1.86. The van der Waals surface area contributed by atoms with Gasteiger partial charge < -0.3 is 0 Å². The molecule has 0 atom stereocenters. The molecule has 0 aromatic rings. The number of hydrogen-bond acceptors (Lipinski definition) is 0. The number of hydrogen-bond donors (Lipinski definition) is 0. The summed E-state index contributed by atoms with van der Waals surface area (Å²) in [6.45, 7) is 0. The number of rotatable bonds is 0. The monoisotopic (exact) mass is 194 g/mol. The molecule has 0 fully saturated rings. The van der Waals surface area contributed by atoms with Crippen molar-refractivity contribution in [3.63, 3.8) is 0 Å². The molecule has 48 valence electrons. The van der Waals surface area contributed by atoms with E-state index in [1.165, 1.54) is 0 Å². The average molecular weight is 194 g/mol. The molecule has 8 heavy (non-hydrogen) atoms. The van der Waals surface area contributed by atoms with Gasteiger partial charge in [-0.25, -0.2) is 0 Å². The van der Waals surface area contributed by atoms with Crippen molar-refractivity contribution >= 4 is 16.9 Å². The fraction of sp³-hybridized carbons (Fsp3) is 1.00. The molecule has 0 nitrogen and oxygen atoms in total. The van der Waals surface area contributed by atoms with Gasteiger partial charge >= 0.3 is 49.7 Å². The summed E-state index contributed by atoms with van der Waals surface area (Å²) in [4.78, 5) is 0. The van der Waals surface area contributed by atoms with Gasteiger partial charge in [0.1, 0.15) is 0 Å². The predicted octanol–water partition coefficient (Wildman–Crippen LogP) is 1.31. The quantitative estimate of drug-likeness (QED) is 0.402. The van der Waals surface area contributed by atoms with Crippen molar-refractivity contribution in [2.75, 3.05) is 0 Å². The molecule has 6 heteroatoms. The van der Waals surface area contributed by atoms with Crippen molar-refractivity contribution in [3.05, 3.63) is 0 Å². The van der Waals surface area contributed by atoms with E-state index in [1.807, 2.05) is 0 Å². The molecule has 0 aliphatic heterocycles. The van der Waals surface area contributed by atoms with Crippen LogP contribution in [0.2, 0.25) is 0 Å². The fourth-order valence-electron chi connectivity index (χ4n) is 0. The molecule has 0 rings (SSSR count). The van der Waals surface area contributed by atoms with Crippen molar-refractivity contribution < 1.29 is 22.0 Å². The van der Waals surface area contributed by atoms with E-state index in [1.54, 1.807) is 0 Å². The number of alkyl halides is 5. The second-order valence-corrected chi connectivity index (χ2v) is 2.22. The summed E-state index contributed by atoms with van der Waals surface area (Å²) in [5.74, 6) is 0. The van der Waals surface area contributed by atoms with Crippen LogP contribution < -0.4 is 0 Å². The fourth-order valence-corrected chi connectivity index (χ4v) is 0. The van der Waals surface area contributed by atoms with Crippen LogP contribution in [0.5, 0.6) is 0 Å². The van der Waals surface area contributed by atoms with Gasteiger partial charge in [0.2, 0.25) is 0 Å². The maximum atomic E-state index is 11.1. The van der Waals surface area contributed by atoms with Crippen molar-refractivity contribution in [2.24, 2.45) is 0 Å². The van der Waals surface area contributed by atoms with Crippen LogP contribution in [0.3, 0.4) is 0 Å². The van der Waals surface area contributed by atoms with Gasteiger partial charge in [-0.2, -0.15) is 0 Å². The Hall–Kier alpha value is 0.208. The molecule has 2 radical (unpaired) electrons. The van der Waals surface area contributed by atoms with E-state index in [0.29, 0.717) is 0 Å². The Morgan fingerprint density at radius 1 is 0.875 bits per heavy atom. The van der Waals surface area contributed by atoms with E-state index in [9.17, 15) is 22.0 Å². The van der Waals surface area contributed by atoms with E-state index < -0.39 is 10.9 Å². The summed E-state index contributed by atoms with van der Waals surface area (Å²) in [5.41, 5.74) is 0. The van der Waals surface area contributed by atoms with Crippen LogP contribution in [0.4, 0.5) is 22.0 Å². The van der Waals surface area contributed by atoms with E-state index >= 15 is 0 Å². The van der Waals surface area contributed by atoms with Crippen molar-refractivity contribution in [3.8, 4) is 0 Å². The molecule has 0 amide bonds. The van der Waals surface area contributed by atoms with Gasteiger partial charge in [0, 0.05) is 0 Å². The third-order valence-electron chi connectivity index (χ3n) is 0.341. The Bertz CT molecular complexity index is 65.4. The van der Waals surface area contributed by atoms with Gasteiger partial charge in [0.15, 0.2) is 0 Å². The zero-order chi connectivity index (χ0) is 7.00. The molecule has 0 bridgehead atoms. The first-order valence-corrected chi connectivity index (χ1v) is 2.36. The minimum atomic E-state index is -5.42. The van der Waals surface area contributed by atoms with Crippen LogP contribution in [0.25, 0.3) is 0 Å². The second-order valence-electron chi connectivity index (χ2n) is 1.04. The zero-order valence-electron chi connectivity index (χ0n) is 3.34. The minimum absolute atomic E-state index is 0.255. The summed E-state index contributed by atoms with van der Waals surface area (Å²) in [6, 6.07) is 0. The molecular formula is C2AsF5. The van der Waals surface area contributed by atoms with Crippen LogP contribution >= 0.6 is 0 Å². The van der Waals surface area contributed by atoms with Crippen LogP contribution in [0, 0.1) is 0 Å². The SMILES string of the molecule is FC(F)(F)C(F)(F)[As]. The van der Waals surface area contributed by atoms with Crippen molar-refractivity contribution in [1.29, 1.82) is 0 Å². The van der Waals surface area contributed by atoms with E-state index in [4.69, 9.17) is 0 Å². The van der Waals surface area contributed by atoms with E-state index in [0.717, 1.165) is 0 Å². The molecule has 0 N–H and O–H groups in total. The Kier molecular flexibility index (Phi) is 1.91. The molecule has 0 unspecified atom stereocenters. The summed E-state index contributed by atoms with van der Waals surface area (Å²) in [7, 11) is 0. The predicted molar refractivity (Wildman–Crippen MR) is 16.8 cm³/mol. The topological polar surface area (TPSA) is 0 Å². The third-order valence-corrected chi connectivity index (χ3v) is 0.873. The standard InChI is InChI=1S/C2AsF5/c3-1(4,5)2(6,7)8. The Balaban J connectivity index is 4.02.